The van der Waals surface area contributed by atoms with Crippen LogP contribution in [0.5, 0.6) is 0 Å². The molecule has 1 aliphatic carbocycles. The lowest BCUT2D eigenvalue weighted by Crippen LogP contribution is -2.61. The number of rotatable bonds is 5. The van der Waals surface area contributed by atoms with Crippen molar-refractivity contribution < 1.29 is 4.74 Å². The molecule has 0 atom stereocenters. The molecule has 1 aliphatic heterocycles. The molecule has 1 saturated carbocycles. The second kappa shape index (κ2) is 3.82. The molecule has 0 aromatic rings. The van der Waals surface area contributed by atoms with E-state index >= 15 is 0 Å². The number of nitrogens with one attached hydrogen (secondary N) is 1. The van der Waals surface area contributed by atoms with Gasteiger partial charge < -0.3 is 10.1 Å². The second-order valence-electron chi connectivity index (χ2n) is 5.19. The third kappa shape index (κ3) is 1.31. The van der Waals surface area contributed by atoms with Gasteiger partial charge in [0.25, 0.3) is 0 Å². The Labute approximate surface area is 87.4 Å². The van der Waals surface area contributed by atoms with Gasteiger partial charge in [0, 0.05) is 12.0 Å². The minimum absolute atomic E-state index is 0.531. The summed E-state index contributed by atoms with van der Waals surface area (Å²) in [5.41, 5.74) is 1.11. The van der Waals surface area contributed by atoms with Crippen LogP contribution in [0.3, 0.4) is 0 Å². The lowest BCUT2D eigenvalue weighted by Gasteiger charge is -2.60. The molecule has 1 saturated heterocycles. The van der Waals surface area contributed by atoms with E-state index in [-0.39, 0.29) is 0 Å². The maximum atomic E-state index is 5.49. The molecule has 0 amide bonds. The smallest absolute Gasteiger partial charge is 0.0550 e. The average molecular weight is 197 g/mol. The van der Waals surface area contributed by atoms with Crippen LogP contribution in [0, 0.1) is 10.8 Å². The van der Waals surface area contributed by atoms with E-state index in [9.17, 15) is 0 Å². The van der Waals surface area contributed by atoms with Gasteiger partial charge in [0.2, 0.25) is 0 Å². The summed E-state index contributed by atoms with van der Waals surface area (Å²) in [7, 11) is 2.08. The van der Waals surface area contributed by atoms with Crippen LogP contribution < -0.4 is 5.32 Å². The molecule has 2 nitrogen and oxygen atoms in total. The van der Waals surface area contributed by atoms with Crippen molar-refractivity contribution in [3.63, 3.8) is 0 Å². The lowest BCUT2D eigenvalue weighted by molar-refractivity contribution is -0.213. The molecule has 2 heteroatoms. The highest BCUT2D eigenvalue weighted by Crippen LogP contribution is 2.59. The Morgan fingerprint density at radius 1 is 1.21 bits per heavy atom. The van der Waals surface area contributed by atoms with Gasteiger partial charge in [-0.15, -0.1) is 0 Å². The highest BCUT2D eigenvalue weighted by molar-refractivity contribution is 5.06. The minimum Gasteiger partial charge on any atom is -0.380 e. The van der Waals surface area contributed by atoms with Gasteiger partial charge in [0.15, 0.2) is 0 Å². The van der Waals surface area contributed by atoms with E-state index in [1.165, 1.54) is 38.6 Å². The maximum absolute atomic E-state index is 5.49. The van der Waals surface area contributed by atoms with Crippen molar-refractivity contribution in [3.05, 3.63) is 0 Å². The average Bonchev–Trinajstić information content (AvgIpc) is 2.05. The summed E-state index contributed by atoms with van der Waals surface area (Å²) >= 11 is 0. The molecule has 2 fully saturated rings. The van der Waals surface area contributed by atoms with Gasteiger partial charge in [-0.25, -0.2) is 0 Å². The Morgan fingerprint density at radius 2 is 1.93 bits per heavy atom. The molecule has 2 aliphatic rings. The van der Waals surface area contributed by atoms with Gasteiger partial charge in [-0.3, -0.25) is 0 Å². The number of ether oxygens (including phenoxy) is 1. The fourth-order valence-electron chi connectivity index (χ4n) is 3.38. The summed E-state index contributed by atoms with van der Waals surface area (Å²) in [6.07, 6.45) is 6.91. The fraction of sp³-hybridized carbons (Fsp3) is 1.00. The molecule has 1 heterocycles. The summed E-state index contributed by atoms with van der Waals surface area (Å²) in [5, 5.41) is 3.39. The monoisotopic (exact) mass is 197 g/mol. The normalized spacial score (nSPS) is 27.9. The van der Waals surface area contributed by atoms with Crippen molar-refractivity contribution >= 4 is 0 Å². The summed E-state index contributed by atoms with van der Waals surface area (Å²) in [6, 6.07) is 0. The van der Waals surface area contributed by atoms with Crippen molar-refractivity contribution in [2.45, 2.75) is 39.0 Å². The molecule has 2 rings (SSSR count). The molecule has 14 heavy (non-hydrogen) atoms. The first-order valence-electron chi connectivity index (χ1n) is 6.01. The fourth-order valence-corrected chi connectivity index (χ4v) is 3.38. The van der Waals surface area contributed by atoms with Crippen molar-refractivity contribution in [3.8, 4) is 0 Å². The molecule has 0 aromatic heterocycles. The molecular formula is C12H23NO. The van der Waals surface area contributed by atoms with Crippen LogP contribution in [0.15, 0.2) is 0 Å². The molecule has 0 radical (unpaired) electrons. The van der Waals surface area contributed by atoms with Gasteiger partial charge in [-0.2, -0.15) is 0 Å². The first-order chi connectivity index (χ1) is 6.79. The molecule has 0 bridgehead atoms. The predicted molar refractivity (Wildman–Crippen MR) is 58.4 cm³/mol. The van der Waals surface area contributed by atoms with Crippen LogP contribution in [0.25, 0.3) is 0 Å². The van der Waals surface area contributed by atoms with E-state index in [4.69, 9.17) is 4.74 Å². The Morgan fingerprint density at radius 3 is 2.21 bits per heavy atom. The Balaban J connectivity index is 2.07. The summed E-state index contributed by atoms with van der Waals surface area (Å²) in [4.78, 5) is 0. The van der Waals surface area contributed by atoms with Crippen LogP contribution in [0.1, 0.15) is 39.0 Å². The van der Waals surface area contributed by atoms with Crippen LogP contribution in [-0.2, 0) is 4.74 Å². The van der Waals surface area contributed by atoms with E-state index in [0.717, 1.165) is 13.2 Å². The third-order valence-corrected chi connectivity index (χ3v) is 4.44. The first kappa shape index (κ1) is 10.4. The molecule has 82 valence electrons. The highest BCUT2D eigenvalue weighted by Gasteiger charge is 2.57. The first-order valence-corrected chi connectivity index (χ1v) is 6.01. The SMILES string of the molecule is CCCC1(C2(CNC)CCC2)COC1. The van der Waals surface area contributed by atoms with E-state index in [0.29, 0.717) is 10.8 Å². The van der Waals surface area contributed by atoms with Crippen molar-refractivity contribution in [2.24, 2.45) is 10.8 Å². The summed E-state index contributed by atoms with van der Waals surface area (Å²) < 4.78 is 5.49. The van der Waals surface area contributed by atoms with Crippen molar-refractivity contribution in [1.29, 1.82) is 0 Å². The Bertz CT molecular complexity index is 172. The quantitative estimate of drug-likeness (QED) is 0.729. The molecule has 1 N–H and O–H groups in total. The second-order valence-corrected chi connectivity index (χ2v) is 5.19. The maximum Gasteiger partial charge on any atom is 0.0550 e. The molecule has 0 unspecified atom stereocenters. The van der Waals surface area contributed by atoms with Gasteiger partial charge >= 0.3 is 0 Å². The standard InChI is InChI=1S/C12H23NO/c1-3-5-12(9-14-10-12)11(8-13-2)6-4-7-11/h13H,3-10H2,1-2H3. The third-order valence-electron chi connectivity index (χ3n) is 4.44. The van der Waals surface area contributed by atoms with Crippen LogP contribution in [0.2, 0.25) is 0 Å². The topological polar surface area (TPSA) is 21.3 Å². The van der Waals surface area contributed by atoms with Crippen LogP contribution in [-0.4, -0.2) is 26.8 Å². The van der Waals surface area contributed by atoms with Crippen molar-refractivity contribution in [1.82, 2.24) is 5.32 Å². The van der Waals surface area contributed by atoms with E-state index in [1.807, 2.05) is 0 Å². The van der Waals surface area contributed by atoms with Crippen LogP contribution >= 0.6 is 0 Å². The van der Waals surface area contributed by atoms with E-state index < -0.39 is 0 Å². The molecule has 0 aromatic carbocycles. The van der Waals surface area contributed by atoms with Crippen molar-refractivity contribution in [2.75, 3.05) is 26.8 Å². The zero-order chi connectivity index (χ0) is 10.1. The zero-order valence-electron chi connectivity index (χ0n) is 9.57. The Kier molecular flexibility index (Phi) is 2.85. The van der Waals surface area contributed by atoms with Gasteiger partial charge in [-0.05, 0) is 31.7 Å². The Hall–Kier alpha value is -0.0800. The molecular weight excluding hydrogens is 174 g/mol. The van der Waals surface area contributed by atoms with Gasteiger partial charge in [0.05, 0.1) is 13.2 Å². The molecule has 0 spiro atoms. The van der Waals surface area contributed by atoms with Gasteiger partial charge in [-0.1, -0.05) is 19.8 Å². The predicted octanol–water partition coefficient (Wildman–Crippen LogP) is 2.19. The van der Waals surface area contributed by atoms with Gasteiger partial charge in [0.1, 0.15) is 0 Å². The zero-order valence-corrected chi connectivity index (χ0v) is 9.57. The van der Waals surface area contributed by atoms with E-state index in [2.05, 4.69) is 19.3 Å². The lowest BCUT2D eigenvalue weighted by atomic mass is 9.50. The number of hydrogen-bond acceptors (Lipinski definition) is 2. The highest BCUT2D eigenvalue weighted by atomic mass is 16.5. The largest absolute Gasteiger partial charge is 0.380 e. The summed E-state index contributed by atoms with van der Waals surface area (Å²) in [5.74, 6) is 0. The van der Waals surface area contributed by atoms with E-state index in [1.54, 1.807) is 0 Å². The number of hydrogen-bond donors (Lipinski definition) is 1. The van der Waals surface area contributed by atoms with Crippen LogP contribution in [0.4, 0.5) is 0 Å². The summed E-state index contributed by atoms with van der Waals surface area (Å²) in [6.45, 7) is 5.52. The minimum atomic E-state index is 0.531.